The topological polar surface area (TPSA) is 48.0 Å². The van der Waals surface area contributed by atoms with Crippen LogP contribution in [0.25, 0.3) is 10.2 Å². The number of aryl methyl sites for hydroxylation is 1. The Labute approximate surface area is 138 Å². The van der Waals surface area contributed by atoms with E-state index in [4.69, 9.17) is 5.41 Å². The third-order valence-corrected chi connectivity index (χ3v) is 5.57. The Morgan fingerprint density at radius 1 is 1.13 bits per heavy atom. The van der Waals surface area contributed by atoms with Crippen LogP contribution in [-0.4, -0.2) is 18.2 Å². The van der Waals surface area contributed by atoms with Crippen LogP contribution in [-0.2, 0) is 11.8 Å². The number of benzene rings is 2. The maximum absolute atomic E-state index is 12.6. The first-order chi connectivity index (χ1) is 11.2. The average molecular weight is 322 g/mol. The zero-order chi connectivity index (χ0) is 16.0. The molecule has 1 aliphatic rings. The summed E-state index contributed by atoms with van der Waals surface area (Å²) in [7, 11) is 1.97. The van der Waals surface area contributed by atoms with Crippen LogP contribution in [0, 0.1) is 5.41 Å². The minimum absolute atomic E-state index is 0.0843. The number of nitrogens with one attached hydrogen (secondary N) is 1. The molecule has 1 unspecified atom stereocenters. The number of hydrogen-bond donors (Lipinski definition) is 1. The first-order valence-electron chi connectivity index (χ1n) is 7.48. The van der Waals surface area contributed by atoms with Gasteiger partial charge in [0, 0.05) is 11.8 Å². The van der Waals surface area contributed by atoms with E-state index in [1.807, 2.05) is 60.1 Å². The maximum atomic E-state index is 12.6. The number of amidine groups is 1. The molecule has 1 aromatic heterocycles. The largest absolute Gasteiger partial charge is 0.322 e. The lowest BCUT2D eigenvalue weighted by atomic mass is 10.1. The van der Waals surface area contributed by atoms with Crippen molar-refractivity contribution in [1.82, 2.24) is 0 Å². The Kier molecular flexibility index (Phi) is 3.23. The molecule has 5 heteroatoms. The summed E-state index contributed by atoms with van der Waals surface area (Å²) in [5, 5.41) is 9.47. The van der Waals surface area contributed by atoms with Gasteiger partial charge in [-0.05, 0) is 18.2 Å². The number of anilines is 1. The molecule has 0 saturated carbocycles. The molecule has 0 amide bonds. The third kappa shape index (κ3) is 2.16. The summed E-state index contributed by atoms with van der Waals surface area (Å²) in [4.78, 5) is 14.4. The summed E-state index contributed by atoms with van der Waals surface area (Å²) in [6, 6.07) is 17.8. The first-order valence-corrected chi connectivity index (χ1v) is 8.29. The first kappa shape index (κ1) is 14.1. The molecular formula is C18H16N3OS+. The standard InChI is InChI=1S/C18H16N3OS/c1-20-13-9-5-6-10-15(13)23-18(20)16-14(22)11-21(17(16)19)12-7-3-2-4-8-12/h2-10,16,19H,11H2,1H3/q+1. The van der Waals surface area contributed by atoms with Crippen molar-refractivity contribution in [2.75, 3.05) is 11.4 Å². The van der Waals surface area contributed by atoms with E-state index >= 15 is 0 Å². The summed E-state index contributed by atoms with van der Waals surface area (Å²) < 4.78 is 3.19. The highest BCUT2D eigenvalue weighted by Gasteiger charge is 2.44. The highest BCUT2D eigenvalue weighted by atomic mass is 32.1. The third-order valence-electron chi connectivity index (χ3n) is 4.29. The van der Waals surface area contributed by atoms with Crippen molar-refractivity contribution in [2.24, 2.45) is 7.05 Å². The van der Waals surface area contributed by atoms with E-state index in [1.165, 1.54) is 0 Å². The molecule has 0 bridgehead atoms. The van der Waals surface area contributed by atoms with Gasteiger partial charge in [-0.3, -0.25) is 10.2 Å². The van der Waals surface area contributed by atoms with Crippen LogP contribution in [0.15, 0.2) is 54.6 Å². The van der Waals surface area contributed by atoms with Gasteiger partial charge in [-0.25, -0.2) is 0 Å². The van der Waals surface area contributed by atoms with Crippen molar-refractivity contribution < 1.29 is 9.36 Å². The fraction of sp³-hybridized carbons (Fsp3) is 0.167. The Bertz CT molecular complexity index is 916. The number of aromatic nitrogens is 1. The lowest BCUT2D eigenvalue weighted by molar-refractivity contribution is -0.647. The van der Waals surface area contributed by atoms with E-state index in [-0.39, 0.29) is 12.3 Å². The molecular weight excluding hydrogens is 306 g/mol. The minimum Gasteiger partial charge on any atom is -0.322 e. The molecule has 1 atom stereocenters. The van der Waals surface area contributed by atoms with E-state index in [2.05, 4.69) is 6.07 Å². The van der Waals surface area contributed by atoms with E-state index in [0.717, 1.165) is 20.9 Å². The molecule has 2 aromatic carbocycles. The van der Waals surface area contributed by atoms with Crippen molar-refractivity contribution in [1.29, 1.82) is 5.41 Å². The molecule has 3 aromatic rings. The second kappa shape index (κ2) is 5.28. The number of nitrogens with zero attached hydrogens (tertiary/aromatic N) is 2. The number of Topliss-reactive ketones (excluding diaryl/α,β-unsaturated/α-hetero) is 1. The smallest absolute Gasteiger partial charge is 0.256 e. The number of hydrogen-bond acceptors (Lipinski definition) is 3. The fourth-order valence-electron chi connectivity index (χ4n) is 3.11. The van der Waals surface area contributed by atoms with Crippen molar-refractivity contribution >= 4 is 38.9 Å². The van der Waals surface area contributed by atoms with Gasteiger partial charge >= 0.3 is 0 Å². The summed E-state index contributed by atoms with van der Waals surface area (Å²) in [6.45, 7) is 0.266. The van der Waals surface area contributed by atoms with Crippen LogP contribution in [0.2, 0.25) is 0 Å². The van der Waals surface area contributed by atoms with Crippen molar-refractivity contribution in [3.05, 3.63) is 59.6 Å². The number of thiazole rings is 1. The Morgan fingerprint density at radius 3 is 2.57 bits per heavy atom. The SMILES string of the molecule is C[n+]1c(C2C(=N)N(c3ccccc3)CC2=O)sc2ccccc21. The Balaban J connectivity index is 1.78. The molecule has 0 aliphatic carbocycles. The van der Waals surface area contributed by atoms with E-state index in [0.29, 0.717) is 5.84 Å². The van der Waals surface area contributed by atoms with Crippen molar-refractivity contribution in [3.63, 3.8) is 0 Å². The summed E-state index contributed by atoms with van der Waals surface area (Å²) in [6.07, 6.45) is 0. The van der Waals surface area contributed by atoms with Crippen LogP contribution in [0.1, 0.15) is 10.9 Å². The molecule has 4 nitrogen and oxygen atoms in total. The van der Waals surface area contributed by atoms with Gasteiger partial charge in [0.1, 0.15) is 17.6 Å². The second-order valence-electron chi connectivity index (χ2n) is 5.67. The van der Waals surface area contributed by atoms with Crippen LogP contribution < -0.4 is 9.47 Å². The molecule has 23 heavy (non-hydrogen) atoms. The number of para-hydroxylation sites is 2. The minimum atomic E-state index is -0.474. The molecule has 1 N–H and O–H groups in total. The van der Waals surface area contributed by atoms with Crippen LogP contribution in [0.3, 0.4) is 0 Å². The van der Waals surface area contributed by atoms with Crippen LogP contribution in [0.5, 0.6) is 0 Å². The molecule has 0 spiro atoms. The van der Waals surface area contributed by atoms with Gasteiger partial charge in [-0.2, -0.15) is 4.57 Å². The zero-order valence-corrected chi connectivity index (χ0v) is 13.5. The summed E-state index contributed by atoms with van der Waals surface area (Å²) >= 11 is 1.60. The normalized spacial score (nSPS) is 18.1. The molecule has 0 radical (unpaired) electrons. The van der Waals surface area contributed by atoms with E-state index in [1.54, 1.807) is 16.2 Å². The second-order valence-corrected chi connectivity index (χ2v) is 6.74. The number of fused-ring (bicyclic) bond motifs is 1. The number of carbonyl (C=O) groups is 1. The zero-order valence-electron chi connectivity index (χ0n) is 12.7. The maximum Gasteiger partial charge on any atom is 0.256 e. The van der Waals surface area contributed by atoms with Crippen LogP contribution in [0.4, 0.5) is 5.69 Å². The molecule has 1 aliphatic heterocycles. The van der Waals surface area contributed by atoms with Gasteiger partial charge < -0.3 is 4.90 Å². The Morgan fingerprint density at radius 2 is 1.83 bits per heavy atom. The van der Waals surface area contributed by atoms with Gasteiger partial charge in [0.15, 0.2) is 11.7 Å². The average Bonchev–Trinajstić information content (AvgIpc) is 3.05. The number of carbonyl (C=O) groups excluding carboxylic acids is 1. The highest BCUT2D eigenvalue weighted by Crippen LogP contribution is 2.33. The quantitative estimate of drug-likeness (QED) is 0.738. The summed E-state index contributed by atoms with van der Waals surface area (Å²) in [5.41, 5.74) is 2.00. The molecule has 4 rings (SSSR count). The molecule has 1 saturated heterocycles. The molecule has 114 valence electrons. The van der Waals surface area contributed by atoms with Gasteiger partial charge in [0.05, 0.1) is 6.54 Å². The van der Waals surface area contributed by atoms with Gasteiger partial charge in [-0.15, -0.1) is 0 Å². The van der Waals surface area contributed by atoms with Crippen LogP contribution >= 0.6 is 11.3 Å². The highest BCUT2D eigenvalue weighted by molar-refractivity contribution is 7.18. The van der Waals surface area contributed by atoms with Gasteiger partial charge in [0.2, 0.25) is 5.52 Å². The fourth-order valence-corrected chi connectivity index (χ4v) is 4.38. The lowest BCUT2D eigenvalue weighted by Crippen LogP contribution is -2.36. The van der Waals surface area contributed by atoms with E-state index in [9.17, 15) is 4.79 Å². The predicted octanol–water partition coefficient (Wildman–Crippen LogP) is 2.88. The summed E-state index contributed by atoms with van der Waals surface area (Å²) in [5.74, 6) is -0.0260. The lowest BCUT2D eigenvalue weighted by Gasteiger charge is -2.17. The molecule has 1 fully saturated rings. The van der Waals surface area contributed by atoms with E-state index < -0.39 is 5.92 Å². The molecule has 2 heterocycles. The Hall–Kier alpha value is -2.53. The number of rotatable bonds is 2. The predicted molar refractivity (Wildman–Crippen MR) is 92.3 cm³/mol. The number of ketones is 1. The van der Waals surface area contributed by atoms with Crippen molar-refractivity contribution in [2.45, 2.75) is 5.92 Å². The van der Waals surface area contributed by atoms with Crippen molar-refractivity contribution in [3.8, 4) is 0 Å². The van der Waals surface area contributed by atoms with Gasteiger partial charge in [0.25, 0.3) is 5.01 Å². The van der Waals surface area contributed by atoms with Gasteiger partial charge in [-0.1, -0.05) is 41.7 Å². The monoisotopic (exact) mass is 322 g/mol.